The lowest BCUT2D eigenvalue weighted by Crippen LogP contribution is -2.42. The predicted octanol–water partition coefficient (Wildman–Crippen LogP) is 3.79. The number of nitrogen functional groups attached to an aromatic ring is 1. The molecule has 0 aliphatic carbocycles. The second-order valence-corrected chi connectivity index (χ2v) is 11.0. The molecule has 1 aliphatic rings. The lowest BCUT2D eigenvalue weighted by Gasteiger charge is -2.32. The Labute approximate surface area is 243 Å². The highest BCUT2D eigenvalue weighted by molar-refractivity contribution is 5.97. The fraction of sp³-hybridized carbons (Fsp3) is 0.323. The Bertz CT molecular complexity index is 1710. The lowest BCUT2D eigenvalue weighted by molar-refractivity contribution is -0.117. The number of fused-ring (bicyclic) bond motifs is 1. The molecule has 216 valence electrons. The van der Waals surface area contributed by atoms with Gasteiger partial charge in [-0.05, 0) is 89.2 Å². The molecule has 0 saturated carbocycles. The van der Waals surface area contributed by atoms with E-state index in [2.05, 4.69) is 20.2 Å². The maximum Gasteiger partial charge on any atom is 0.335 e. The first-order valence-electron chi connectivity index (χ1n) is 13.9. The van der Waals surface area contributed by atoms with Crippen LogP contribution in [0.2, 0.25) is 0 Å². The Morgan fingerprint density at radius 1 is 1.12 bits per heavy atom. The van der Waals surface area contributed by atoms with Gasteiger partial charge in [0.15, 0.2) is 11.5 Å². The number of nitrogens with two attached hydrogens (primary N) is 1. The third kappa shape index (κ3) is 5.89. The van der Waals surface area contributed by atoms with Crippen molar-refractivity contribution in [3.8, 4) is 23.3 Å². The molecule has 1 aliphatic heterocycles. The molecule has 3 N–H and O–H groups in total. The monoisotopic (exact) mass is 566 g/mol. The van der Waals surface area contributed by atoms with Crippen LogP contribution in [0.4, 0.5) is 5.82 Å². The molecule has 0 bridgehead atoms. The first kappa shape index (κ1) is 28.6. The van der Waals surface area contributed by atoms with Crippen molar-refractivity contribution in [1.82, 2.24) is 29.3 Å². The Morgan fingerprint density at radius 3 is 2.45 bits per heavy atom. The van der Waals surface area contributed by atoms with Crippen LogP contribution in [0, 0.1) is 11.3 Å². The Balaban J connectivity index is 1.39. The maximum atomic E-state index is 13.8. The van der Waals surface area contributed by atoms with E-state index in [1.165, 1.54) is 15.5 Å². The van der Waals surface area contributed by atoms with E-state index >= 15 is 0 Å². The van der Waals surface area contributed by atoms with Gasteiger partial charge in [-0.25, -0.2) is 14.8 Å². The average Bonchev–Trinajstić information content (AvgIpc) is 3.62. The summed E-state index contributed by atoms with van der Waals surface area (Å²) < 4.78 is 8.78. The minimum Gasteiger partial charge on any atom is -0.457 e. The van der Waals surface area contributed by atoms with Crippen LogP contribution in [-0.2, 0) is 11.3 Å². The fourth-order valence-electron chi connectivity index (χ4n) is 5.30. The van der Waals surface area contributed by atoms with E-state index in [9.17, 15) is 14.9 Å². The van der Waals surface area contributed by atoms with Gasteiger partial charge in [0.25, 0.3) is 5.91 Å². The van der Waals surface area contributed by atoms with Crippen molar-refractivity contribution in [3.05, 3.63) is 83.1 Å². The number of benzene rings is 2. The highest BCUT2D eigenvalue weighted by Crippen LogP contribution is 2.26. The summed E-state index contributed by atoms with van der Waals surface area (Å²) in [5.41, 5.74) is 6.70. The summed E-state index contributed by atoms with van der Waals surface area (Å²) in [5.74, 6) is 0.964. The van der Waals surface area contributed by atoms with E-state index < -0.39 is 17.5 Å². The number of carbonyl (C=O) groups excluding carboxylic acids is 1. The number of para-hydroxylation sites is 1. The smallest absolute Gasteiger partial charge is 0.335 e. The molecule has 1 amide bonds. The minimum absolute atomic E-state index is 0.0397. The highest BCUT2D eigenvalue weighted by Gasteiger charge is 2.29. The number of nitriles is 1. The molecule has 5 rings (SSSR count). The standard InChI is InChI=1S/C31H34N8O3/c1-21(36-29(40)22(18-32)17-31(2,3)37-15-7-8-16-37)19-38-28-26(27(33)34-20-35-28)39(30(38)41)23-11-13-25(14-12-23)42-24-9-5-4-6-10-24/h4-6,9-14,17,20-21H,7-8,15-16,19H2,1-3H3,(H,36,40)(H2,33,34,35)/b22-17+/t21-/m0/s1. The number of nitrogens with one attached hydrogen (secondary N) is 1. The second kappa shape index (κ2) is 11.9. The molecule has 4 aromatic rings. The van der Waals surface area contributed by atoms with Gasteiger partial charge in [-0.2, -0.15) is 5.26 Å². The van der Waals surface area contributed by atoms with Crippen LogP contribution < -0.4 is 21.5 Å². The number of ether oxygens (including phenoxy) is 1. The quantitative estimate of drug-likeness (QED) is 0.230. The first-order valence-corrected chi connectivity index (χ1v) is 13.9. The van der Waals surface area contributed by atoms with Gasteiger partial charge in [-0.1, -0.05) is 18.2 Å². The fourth-order valence-corrected chi connectivity index (χ4v) is 5.30. The number of carbonyl (C=O) groups is 1. The van der Waals surface area contributed by atoms with Crippen LogP contribution in [-0.4, -0.2) is 54.6 Å². The molecule has 1 fully saturated rings. The van der Waals surface area contributed by atoms with Crippen molar-refractivity contribution in [2.45, 2.75) is 51.7 Å². The van der Waals surface area contributed by atoms with Gasteiger partial charge in [0.2, 0.25) is 0 Å². The zero-order valence-electron chi connectivity index (χ0n) is 23.9. The van der Waals surface area contributed by atoms with Crippen molar-refractivity contribution in [3.63, 3.8) is 0 Å². The minimum atomic E-state index is -0.501. The molecular formula is C31H34N8O3. The van der Waals surface area contributed by atoms with Crippen LogP contribution >= 0.6 is 0 Å². The third-order valence-corrected chi connectivity index (χ3v) is 7.42. The van der Waals surface area contributed by atoms with Gasteiger partial charge in [-0.15, -0.1) is 0 Å². The zero-order valence-corrected chi connectivity index (χ0v) is 23.9. The predicted molar refractivity (Wildman–Crippen MR) is 160 cm³/mol. The van der Waals surface area contributed by atoms with E-state index in [-0.39, 0.29) is 23.6 Å². The van der Waals surface area contributed by atoms with Crippen molar-refractivity contribution in [1.29, 1.82) is 5.26 Å². The summed E-state index contributed by atoms with van der Waals surface area (Å²) in [5, 5.41) is 12.6. The molecule has 0 radical (unpaired) electrons. The summed E-state index contributed by atoms with van der Waals surface area (Å²) in [6, 6.07) is 18.0. The van der Waals surface area contributed by atoms with Gasteiger partial charge < -0.3 is 15.8 Å². The number of nitrogens with zero attached hydrogens (tertiary/aromatic N) is 6. The molecule has 42 heavy (non-hydrogen) atoms. The lowest BCUT2D eigenvalue weighted by atomic mass is 9.99. The van der Waals surface area contributed by atoms with Gasteiger partial charge in [-0.3, -0.25) is 18.8 Å². The number of hydrogen-bond acceptors (Lipinski definition) is 8. The number of likely N-dealkylation sites (tertiary alicyclic amines) is 1. The zero-order chi connectivity index (χ0) is 29.9. The summed E-state index contributed by atoms with van der Waals surface area (Å²) in [6.07, 6.45) is 5.22. The number of imidazole rings is 1. The van der Waals surface area contributed by atoms with Crippen LogP contribution in [0.3, 0.4) is 0 Å². The largest absolute Gasteiger partial charge is 0.457 e. The number of aromatic nitrogens is 4. The summed E-state index contributed by atoms with van der Waals surface area (Å²) in [6.45, 7) is 7.75. The van der Waals surface area contributed by atoms with Gasteiger partial charge in [0, 0.05) is 18.1 Å². The van der Waals surface area contributed by atoms with Crippen molar-refractivity contribution in [2.24, 2.45) is 0 Å². The highest BCUT2D eigenvalue weighted by atomic mass is 16.5. The Hall–Kier alpha value is -4.95. The van der Waals surface area contributed by atoms with Crippen LogP contribution in [0.15, 0.2) is 77.4 Å². The number of hydrogen-bond donors (Lipinski definition) is 2. The molecule has 2 aromatic carbocycles. The van der Waals surface area contributed by atoms with E-state index in [0.717, 1.165) is 25.9 Å². The van der Waals surface area contributed by atoms with Crippen LogP contribution in [0.1, 0.15) is 33.6 Å². The molecular weight excluding hydrogens is 532 g/mol. The SMILES string of the molecule is C[C@@H](Cn1c(=O)n(-c2ccc(Oc3ccccc3)cc2)c2c(N)ncnc21)NC(=O)/C(C#N)=C/C(C)(C)N1CCCC1. The molecule has 1 saturated heterocycles. The van der Waals surface area contributed by atoms with E-state index in [0.29, 0.717) is 28.4 Å². The van der Waals surface area contributed by atoms with Crippen molar-refractivity contribution >= 4 is 22.9 Å². The molecule has 11 heteroatoms. The topological polar surface area (TPSA) is 144 Å². The molecule has 1 atom stereocenters. The second-order valence-electron chi connectivity index (χ2n) is 11.0. The normalized spacial score (nSPS) is 15.0. The Kier molecular flexibility index (Phi) is 8.08. The average molecular weight is 567 g/mol. The van der Waals surface area contributed by atoms with Gasteiger partial charge in [0.1, 0.15) is 35.0 Å². The van der Waals surface area contributed by atoms with Crippen molar-refractivity contribution < 1.29 is 9.53 Å². The first-order chi connectivity index (χ1) is 20.2. The van der Waals surface area contributed by atoms with E-state index in [1.807, 2.05) is 50.2 Å². The number of anilines is 1. The molecule has 2 aromatic heterocycles. The van der Waals surface area contributed by atoms with E-state index in [4.69, 9.17) is 10.5 Å². The Morgan fingerprint density at radius 2 is 1.79 bits per heavy atom. The van der Waals surface area contributed by atoms with E-state index in [1.54, 1.807) is 37.3 Å². The summed E-state index contributed by atoms with van der Waals surface area (Å²) in [4.78, 5) is 37.5. The number of amides is 1. The third-order valence-electron chi connectivity index (χ3n) is 7.42. The number of rotatable bonds is 9. The van der Waals surface area contributed by atoms with Crippen LogP contribution in [0.5, 0.6) is 11.5 Å². The van der Waals surface area contributed by atoms with Gasteiger partial charge in [0.05, 0.1) is 5.69 Å². The van der Waals surface area contributed by atoms with Gasteiger partial charge >= 0.3 is 5.69 Å². The molecule has 3 heterocycles. The molecule has 11 nitrogen and oxygen atoms in total. The van der Waals surface area contributed by atoms with Crippen molar-refractivity contribution in [2.75, 3.05) is 18.8 Å². The molecule has 0 spiro atoms. The maximum absolute atomic E-state index is 13.8. The van der Waals surface area contributed by atoms with Crippen LogP contribution in [0.25, 0.3) is 16.9 Å². The summed E-state index contributed by atoms with van der Waals surface area (Å²) in [7, 11) is 0. The molecule has 0 unspecified atom stereocenters. The summed E-state index contributed by atoms with van der Waals surface area (Å²) >= 11 is 0.